The maximum atomic E-state index is 12.6. The molecular weight excluding hydrogens is 260 g/mol. The van der Waals surface area contributed by atoms with E-state index in [0.717, 1.165) is 37.8 Å². The fourth-order valence-corrected chi connectivity index (χ4v) is 3.56. The Morgan fingerprint density at radius 2 is 1.74 bits per heavy atom. The maximum absolute atomic E-state index is 12.6. The molecule has 1 heterocycles. The van der Waals surface area contributed by atoms with E-state index in [1.807, 2.05) is 0 Å². The quantitative estimate of drug-likeness (QED) is 0.802. The van der Waals surface area contributed by atoms with Gasteiger partial charge in [0.2, 0.25) is 0 Å². The Morgan fingerprint density at radius 1 is 1.05 bits per heavy atom. The van der Waals surface area contributed by atoms with E-state index in [1.165, 1.54) is 6.42 Å². The van der Waals surface area contributed by atoms with Crippen LogP contribution in [0.2, 0.25) is 0 Å². The third-order valence-corrected chi connectivity index (χ3v) is 4.68. The van der Waals surface area contributed by atoms with Gasteiger partial charge in [-0.2, -0.15) is 0 Å². The topological polar surface area (TPSA) is 49.4 Å². The molecule has 0 saturated heterocycles. The third-order valence-electron chi connectivity index (χ3n) is 3.75. The monoisotopic (exact) mass is 276 g/mol. The van der Waals surface area contributed by atoms with Crippen LogP contribution in [0.4, 0.5) is 0 Å². The smallest absolute Gasteiger partial charge is 0.266 e. The lowest BCUT2D eigenvalue weighted by molar-refractivity contribution is 0.0812. The van der Waals surface area contributed by atoms with Gasteiger partial charge in [0.25, 0.3) is 11.8 Å². The summed E-state index contributed by atoms with van der Waals surface area (Å²) >= 11 is 1.15. The Kier molecular flexibility index (Phi) is 3.46. The van der Waals surface area contributed by atoms with E-state index in [0.29, 0.717) is 11.1 Å². The molecule has 0 aromatic heterocycles. The van der Waals surface area contributed by atoms with Crippen molar-refractivity contribution < 1.29 is 9.59 Å². The van der Waals surface area contributed by atoms with E-state index in [9.17, 15) is 9.59 Å². The highest BCUT2D eigenvalue weighted by Crippen LogP contribution is 2.30. The van der Waals surface area contributed by atoms with E-state index in [4.69, 9.17) is 0 Å². The molecule has 0 unspecified atom stereocenters. The predicted octanol–water partition coefficient (Wildman–Crippen LogP) is 2.77. The number of hydrogen-bond donors (Lipinski definition) is 1. The highest BCUT2D eigenvalue weighted by atomic mass is 32.2. The Labute approximate surface area is 116 Å². The van der Waals surface area contributed by atoms with Crippen LogP contribution in [0.5, 0.6) is 0 Å². The first-order chi connectivity index (χ1) is 9.27. The number of benzene rings is 1. The normalized spacial score (nSPS) is 20.7. The standard InChI is InChI=1S/C14H16N2O2S/c17-13-11-8-4-5-9-12(11)14(18)16(19-15-13)10-6-2-1-3-7-10/h4-5,8-10H,1-3,6-7H2,(H,15,17). The molecule has 1 fully saturated rings. The van der Waals surface area contributed by atoms with Crippen molar-refractivity contribution in [3.05, 3.63) is 35.4 Å². The number of carbonyl (C=O) groups excluding carboxylic acids is 2. The summed E-state index contributed by atoms with van der Waals surface area (Å²) in [7, 11) is 0. The minimum atomic E-state index is -0.188. The summed E-state index contributed by atoms with van der Waals surface area (Å²) in [6, 6.07) is 7.26. The molecule has 0 radical (unpaired) electrons. The van der Waals surface area contributed by atoms with Crippen LogP contribution in [-0.4, -0.2) is 22.2 Å². The van der Waals surface area contributed by atoms with Gasteiger partial charge in [0.05, 0.1) is 23.3 Å². The Bertz CT molecular complexity index is 512. The molecule has 1 aromatic carbocycles. The predicted molar refractivity (Wildman–Crippen MR) is 74.5 cm³/mol. The summed E-state index contributed by atoms with van der Waals surface area (Å²) in [5, 5.41) is 0. The van der Waals surface area contributed by atoms with Crippen molar-refractivity contribution in [2.75, 3.05) is 0 Å². The van der Waals surface area contributed by atoms with Crippen molar-refractivity contribution in [1.29, 1.82) is 0 Å². The van der Waals surface area contributed by atoms with Crippen LogP contribution in [0.1, 0.15) is 52.8 Å². The van der Waals surface area contributed by atoms with E-state index < -0.39 is 0 Å². The number of amides is 2. The lowest BCUT2D eigenvalue weighted by Crippen LogP contribution is -2.37. The second-order valence-corrected chi connectivity index (χ2v) is 5.77. The van der Waals surface area contributed by atoms with E-state index in [1.54, 1.807) is 28.6 Å². The zero-order valence-corrected chi connectivity index (χ0v) is 11.4. The average Bonchev–Trinajstić information content (AvgIpc) is 2.59. The molecule has 4 nitrogen and oxygen atoms in total. The zero-order chi connectivity index (χ0) is 13.2. The Balaban J connectivity index is 1.93. The van der Waals surface area contributed by atoms with E-state index in [2.05, 4.69) is 4.72 Å². The molecule has 1 aliphatic carbocycles. The van der Waals surface area contributed by atoms with Crippen molar-refractivity contribution in [3.8, 4) is 0 Å². The van der Waals surface area contributed by atoms with Crippen LogP contribution in [-0.2, 0) is 0 Å². The number of hydrogen-bond acceptors (Lipinski definition) is 3. The van der Waals surface area contributed by atoms with Crippen LogP contribution in [0.3, 0.4) is 0 Å². The summed E-state index contributed by atoms with van der Waals surface area (Å²) in [5.74, 6) is -0.238. The molecule has 19 heavy (non-hydrogen) atoms. The van der Waals surface area contributed by atoms with Crippen LogP contribution < -0.4 is 4.72 Å². The summed E-state index contributed by atoms with van der Waals surface area (Å²) in [5.41, 5.74) is 0.980. The number of nitrogens with one attached hydrogen (secondary N) is 1. The molecule has 1 aliphatic heterocycles. The van der Waals surface area contributed by atoms with Crippen LogP contribution in [0, 0.1) is 0 Å². The number of rotatable bonds is 1. The number of fused-ring (bicyclic) bond motifs is 1. The van der Waals surface area contributed by atoms with E-state index >= 15 is 0 Å². The van der Waals surface area contributed by atoms with Crippen LogP contribution in [0.25, 0.3) is 0 Å². The van der Waals surface area contributed by atoms with E-state index in [-0.39, 0.29) is 17.9 Å². The van der Waals surface area contributed by atoms with Gasteiger partial charge in [0, 0.05) is 6.04 Å². The molecule has 1 saturated carbocycles. The molecule has 1 N–H and O–H groups in total. The molecule has 3 rings (SSSR count). The summed E-state index contributed by atoms with van der Waals surface area (Å²) in [6.07, 6.45) is 5.61. The van der Waals surface area contributed by atoms with Crippen molar-refractivity contribution >= 4 is 23.9 Å². The third kappa shape index (κ3) is 2.34. The van der Waals surface area contributed by atoms with Crippen molar-refractivity contribution in [3.63, 3.8) is 0 Å². The summed E-state index contributed by atoms with van der Waals surface area (Å²) < 4.78 is 4.51. The van der Waals surface area contributed by atoms with Crippen molar-refractivity contribution in [2.24, 2.45) is 0 Å². The largest absolute Gasteiger partial charge is 0.278 e. The van der Waals surface area contributed by atoms with Gasteiger partial charge in [-0.15, -0.1) is 0 Å². The van der Waals surface area contributed by atoms with Crippen LogP contribution >= 0.6 is 12.1 Å². The molecule has 100 valence electrons. The van der Waals surface area contributed by atoms with Gasteiger partial charge in [-0.3, -0.25) is 18.6 Å². The number of nitrogens with zero attached hydrogens (tertiary/aromatic N) is 1. The molecule has 5 heteroatoms. The highest BCUT2D eigenvalue weighted by molar-refractivity contribution is 7.96. The molecule has 0 atom stereocenters. The highest BCUT2D eigenvalue weighted by Gasteiger charge is 2.32. The van der Waals surface area contributed by atoms with Gasteiger partial charge in [-0.25, -0.2) is 0 Å². The fraction of sp³-hybridized carbons (Fsp3) is 0.429. The van der Waals surface area contributed by atoms with Gasteiger partial charge in [0.1, 0.15) is 0 Å². The van der Waals surface area contributed by atoms with Crippen molar-refractivity contribution in [1.82, 2.24) is 9.03 Å². The first-order valence-corrected chi connectivity index (χ1v) is 7.44. The lowest BCUT2D eigenvalue weighted by Gasteiger charge is -2.31. The second-order valence-electron chi connectivity index (χ2n) is 4.99. The Hall–Kier alpha value is -1.49. The minimum Gasteiger partial charge on any atom is -0.278 e. The molecule has 2 amide bonds. The first-order valence-electron chi connectivity index (χ1n) is 6.67. The molecule has 2 aliphatic rings. The first kappa shape index (κ1) is 12.5. The minimum absolute atomic E-state index is 0.0501. The van der Waals surface area contributed by atoms with Gasteiger partial charge in [0.15, 0.2) is 0 Å². The molecule has 0 spiro atoms. The molecular formula is C14H16N2O2S. The van der Waals surface area contributed by atoms with Crippen LogP contribution in [0.15, 0.2) is 24.3 Å². The second kappa shape index (κ2) is 5.25. The summed E-state index contributed by atoms with van der Waals surface area (Å²) in [6.45, 7) is 0. The van der Waals surface area contributed by atoms with Crippen molar-refractivity contribution in [2.45, 2.75) is 38.1 Å². The van der Waals surface area contributed by atoms with Gasteiger partial charge in [-0.1, -0.05) is 31.4 Å². The Morgan fingerprint density at radius 3 is 2.47 bits per heavy atom. The zero-order valence-electron chi connectivity index (χ0n) is 10.6. The fourth-order valence-electron chi connectivity index (χ4n) is 2.73. The maximum Gasteiger partial charge on any atom is 0.266 e. The number of carbonyl (C=O) groups is 2. The van der Waals surface area contributed by atoms with Gasteiger partial charge >= 0.3 is 0 Å². The lowest BCUT2D eigenvalue weighted by atomic mass is 9.95. The SMILES string of the molecule is O=C1NSN(C2CCCCC2)C(=O)c2ccccc21. The average molecular weight is 276 g/mol. The van der Waals surface area contributed by atoms with Gasteiger partial charge in [-0.05, 0) is 25.0 Å². The summed E-state index contributed by atoms with van der Waals surface area (Å²) in [4.78, 5) is 24.6. The molecule has 1 aromatic rings. The molecule has 0 bridgehead atoms. The van der Waals surface area contributed by atoms with Gasteiger partial charge < -0.3 is 0 Å².